The maximum Gasteiger partial charge on any atom is 0.330 e. The summed E-state index contributed by atoms with van der Waals surface area (Å²) in [6, 6.07) is 5.14. The number of hydrogen-bond acceptors (Lipinski definition) is 7. The summed E-state index contributed by atoms with van der Waals surface area (Å²) < 4.78 is 4.53. The molecule has 1 aromatic rings. The van der Waals surface area contributed by atoms with Gasteiger partial charge in [-0.1, -0.05) is 13.0 Å². The number of rotatable bonds is 8. The van der Waals surface area contributed by atoms with Crippen molar-refractivity contribution >= 4 is 23.4 Å². The van der Waals surface area contributed by atoms with Gasteiger partial charge in [-0.15, -0.1) is 0 Å². The van der Waals surface area contributed by atoms with E-state index in [9.17, 15) is 14.9 Å². The normalized spacial score (nSPS) is 17.0. The molecule has 0 aliphatic carbocycles. The zero-order valence-electron chi connectivity index (χ0n) is 16.2. The molecule has 27 heavy (non-hydrogen) atoms. The highest BCUT2D eigenvalue weighted by molar-refractivity contribution is 5.87. The van der Waals surface area contributed by atoms with Crippen LogP contribution in [-0.2, 0) is 9.53 Å². The zero-order valence-corrected chi connectivity index (χ0v) is 16.2. The third kappa shape index (κ3) is 6.04. The van der Waals surface area contributed by atoms with E-state index in [1.165, 1.54) is 25.3 Å². The summed E-state index contributed by atoms with van der Waals surface area (Å²) >= 11 is 0. The number of hydrogen-bond donors (Lipinski definition) is 1. The largest absolute Gasteiger partial charge is 0.466 e. The van der Waals surface area contributed by atoms with E-state index in [1.54, 1.807) is 12.1 Å². The summed E-state index contributed by atoms with van der Waals surface area (Å²) in [6.07, 6.45) is 2.74. The molecule has 0 bridgehead atoms. The Kier molecular flexibility index (Phi) is 7.75. The molecule has 1 N–H and O–H groups in total. The highest BCUT2D eigenvalue weighted by atomic mass is 16.6. The van der Waals surface area contributed by atoms with Crippen molar-refractivity contribution in [2.75, 3.05) is 51.7 Å². The topological polar surface area (TPSA) is 88.0 Å². The van der Waals surface area contributed by atoms with Crippen molar-refractivity contribution < 1.29 is 14.5 Å². The lowest BCUT2D eigenvalue weighted by atomic mass is 10.1. The molecule has 1 aliphatic rings. The average molecular weight is 376 g/mol. The second kappa shape index (κ2) is 10.0. The van der Waals surface area contributed by atoms with Gasteiger partial charge in [0.2, 0.25) is 0 Å². The molecule has 8 heteroatoms. The molecule has 0 spiro atoms. The van der Waals surface area contributed by atoms with Crippen LogP contribution < -0.4 is 5.32 Å². The van der Waals surface area contributed by atoms with Crippen LogP contribution in [-0.4, -0.2) is 73.1 Å². The summed E-state index contributed by atoms with van der Waals surface area (Å²) in [6.45, 7) is 10.1. The first kappa shape index (κ1) is 20.9. The highest BCUT2D eigenvalue weighted by Gasteiger charge is 2.21. The van der Waals surface area contributed by atoms with E-state index in [4.69, 9.17) is 0 Å². The molecule has 0 aromatic heterocycles. The quantitative estimate of drug-likeness (QED) is 0.322. The second-order valence-corrected chi connectivity index (χ2v) is 6.59. The van der Waals surface area contributed by atoms with Crippen molar-refractivity contribution in [3.05, 3.63) is 40.0 Å². The van der Waals surface area contributed by atoms with Crippen LogP contribution in [0, 0.1) is 10.1 Å². The van der Waals surface area contributed by atoms with Gasteiger partial charge in [0.15, 0.2) is 0 Å². The van der Waals surface area contributed by atoms with Crippen LogP contribution in [0.5, 0.6) is 0 Å². The Morgan fingerprint density at radius 1 is 1.37 bits per heavy atom. The Balaban J connectivity index is 2.00. The number of carbonyl (C=O) groups is 1. The molecule has 1 aromatic carbocycles. The number of methoxy groups -OCH3 is 1. The van der Waals surface area contributed by atoms with Crippen LogP contribution in [0.1, 0.15) is 19.4 Å². The minimum absolute atomic E-state index is 0.00924. The van der Waals surface area contributed by atoms with Gasteiger partial charge < -0.3 is 15.0 Å². The van der Waals surface area contributed by atoms with E-state index < -0.39 is 10.9 Å². The number of esters is 1. The molecule has 8 nitrogen and oxygen atoms in total. The molecule has 1 heterocycles. The van der Waals surface area contributed by atoms with E-state index in [1.807, 2.05) is 0 Å². The van der Waals surface area contributed by atoms with Crippen LogP contribution in [0.3, 0.4) is 0 Å². The molecule has 0 radical (unpaired) electrons. The van der Waals surface area contributed by atoms with Gasteiger partial charge in [0, 0.05) is 50.9 Å². The van der Waals surface area contributed by atoms with Crippen molar-refractivity contribution in [1.29, 1.82) is 0 Å². The lowest BCUT2D eigenvalue weighted by Gasteiger charge is -2.37. The third-order valence-corrected chi connectivity index (χ3v) is 4.90. The lowest BCUT2D eigenvalue weighted by Crippen LogP contribution is -2.51. The Labute approximate surface area is 159 Å². The fourth-order valence-electron chi connectivity index (χ4n) is 3.09. The number of benzene rings is 1. The molecule has 1 unspecified atom stereocenters. The number of nitrogens with zero attached hydrogens (tertiary/aromatic N) is 3. The highest BCUT2D eigenvalue weighted by Crippen LogP contribution is 2.26. The number of likely N-dealkylation sites (N-methyl/N-ethyl adjacent to an activating group) is 1. The van der Waals surface area contributed by atoms with E-state index in [0.717, 1.165) is 32.7 Å². The fourth-order valence-corrected chi connectivity index (χ4v) is 3.09. The number of nitro groups is 1. The third-order valence-electron chi connectivity index (χ3n) is 4.90. The lowest BCUT2D eigenvalue weighted by molar-refractivity contribution is -0.384. The molecule has 0 saturated carbocycles. The van der Waals surface area contributed by atoms with Gasteiger partial charge in [0.1, 0.15) is 5.69 Å². The van der Waals surface area contributed by atoms with Gasteiger partial charge in [-0.2, -0.15) is 0 Å². The molecule has 1 aliphatic heterocycles. The van der Waals surface area contributed by atoms with E-state index in [0.29, 0.717) is 17.8 Å². The SMILES string of the molecule is CCN1CCN(C(C)CNc2ccc(C=CC(=O)OC)cc2[N+](=O)[O-])CC1. The maximum absolute atomic E-state index is 11.4. The molecule has 1 atom stereocenters. The molecule has 2 rings (SSSR count). The first-order chi connectivity index (χ1) is 12.9. The van der Waals surface area contributed by atoms with Crippen molar-refractivity contribution in [3.63, 3.8) is 0 Å². The predicted octanol–water partition coefficient (Wildman–Crippen LogP) is 2.22. The van der Waals surface area contributed by atoms with Gasteiger partial charge in [0.05, 0.1) is 12.0 Å². The first-order valence-electron chi connectivity index (χ1n) is 9.19. The van der Waals surface area contributed by atoms with Crippen molar-refractivity contribution in [3.8, 4) is 0 Å². The molecular weight excluding hydrogens is 348 g/mol. The van der Waals surface area contributed by atoms with Gasteiger partial charge in [-0.05, 0) is 31.2 Å². The molecule has 148 valence electrons. The summed E-state index contributed by atoms with van der Waals surface area (Å²) in [5.41, 5.74) is 1.04. The van der Waals surface area contributed by atoms with Crippen molar-refractivity contribution in [2.45, 2.75) is 19.9 Å². The first-order valence-corrected chi connectivity index (χ1v) is 9.19. The minimum Gasteiger partial charge on any atom is -0.466 e. The van der Waals surface area contributed by atoms with Crippen LogP contribution in [0.25, 0.3) is 6.08 Å². The van der Waals surface area contributed by atoms with Crippen molar-refractivity contribution in [1.82, 2.24) is 9.80 Å². The summed E-state index contributed by atoms with van der Waals surface area (Å²) in [4.78, 5) is 27.0. The number of nitro benzene ring substituents is 1. The van der Waals surface area contributed by atoms with Crippen LogP contribution >= 0.6 is 0 Å². The predicted molar refractivity (Wildman–Crippen MR) is 106 cm³/mol. The summed E-state index contributed by atoms with van der Waals surface area (Å²) in [7, 11) is 1.28. The van der Waals surface area contributed by atoms with Gasteiger partial charge in [0.25, 0.3) is 5.69 Å². The minimum atomic E-state index is -0.503. The number of anilines is 1. The van der Waals surface area contributed by atoms with E-state index in [-0.39, 0.29) is 11.7 Å². The van der Waals surface area contributed by atoms with E-state index in [2.05, 4.69) is 33.7 Å². The van der Waals surface area contributed by atoms with Gasteiger partial charge in [-0.25, -0.2) is 4.79 Å². The van der Waals surface area contributed by atoms with Crippen LogP contribution in [0.15, 0.2) is 24.3 Å². The molecule has 0 amide bonds. The monoisotopic (exact) mass is 376 g/mol. The Bertz CT molecular complexity index is 684. The maximum atomic E-state index is 11.4. The van der Waals surface area contributed by atoms with Crippen LogP contribution in [0.2, 0.25) is 0 Å². The number of carbonyl (C=O) groups excluding carboxylic acids is 1. The van der Waals surface area contributed by atoms with Crippen LogP contribution in [0.4, 0.5) is 11.4 Å². The Hall–Kier alpha value is -2.45. The molecule has 1 fully saturated rings. The summed E-state index contributed by atoms with van der Waals surface area (Å²) in [5.74, 6) is -0.503. The number of piperazine rings is 1. The zero-order chi connectivity index (χ0) is 19.8. The Morgan fingerprint density at radius 3 is 2.67 bits per heavy atom. The number of nitrogens with one attached hydrogen (secondary N) is 1. The van der Waals surface area contributed by atoms with Crippen molar-refractivity contribution in [2.24, 2.45) is 0 Å². The second-order valence-electron chi connectivity index (χ2n) is 6.59. The average Bonchev–Trinajstić information content (AvgIpc) is 2.70. The van der Waals surface area contributed by atoms with Gasteiger partial charge in [-0.3, -0.25) is 15.0 Å². The smallest absolute Gasteiger partial charge is 0.330 e. The summed E-state index contributed by atoms with van der Waals surface area (Å²) in [5, 5.41) is 14.6. The molecule has 1 saturated heterocycles. The number of ether oxygens (including phenoxy) is 1. The fraction of sp³-hybridized carbons (Fsp3) is 0.526. The van der Waals surface area contributed by atoms with Gasteiger partial charge >= 0.3 is 5.97 Å². The molecular formula is C19H28N4O4. The van der Waals surface area contributed by atoms with E-state index >= 15 is 0 Å². The standard InChI is InChI=1S/C19H28N4O4/c1-4-21-9-11-22(12-10-21)15(2)14-20-17-7-5-16(6-8-19(24)27-3)13-18(17)23(25)26/h5-8,13,15,20H,4,9-12,14H2,1-3H3. The Morgan fingerprint density at radius 2 is 2.07 bits per heavy atom.